The minimum Gasteiger partial charge on any atom is -0.324 e. The zero-order chi connectivity index (χ0) is 25.4. The van der Waals surface area contributed by atoms with Crippen LogP contribution in [0.1, 0.15) is 31.0 Å². The number of nitrogens with one attached hydrogen (secondary N) is 1. The summed E-state index contributed by atoms with van der Waals surface area (Å²) in [5.41, 5.74) is 2.52. The first-order chi connectivity index (χ1) is 17.2. The van der Waals surface area contributed by atoms with Crippen LogP contribution in [0, 0.1) is 6.92 Å². The second-order valence-corrected chi connectivity index (χ2v) is 8.85. The maximum absolute atomic E-state index is 13.4. The van der Waals surface area contributed by atoms with Crippen LogP contribution >= 0.6 is 0 Å². The maximum atomic E-state index is 13.4. The van der Waals surface area contributed by atoms with Crippen LogP contribution in [0.2, 0.25) is 0 Å². The highest BCUT2D eigenvalue weighted by atomic mass is 19.4. The molecule has 1 N–H and O–H groups in total. The standard InChI is InChI=1S/C26H25F3N6O/c1-3-34-13-5-7-22(34)25(36)32-20-14-17(9-8-16(20)2)21-15-35-23(31-21)11-10-19(33-35)18-6-4-12-30-24(18)26(27,28)29/h4,6,8-12,14-15,22H,3,5,7,13H2,1-2H3,(H,32,36). The number of halogens is 3. The summed E-state index contributed by atoms with van der Waals surface area (Å²) in [6, 6.07) is 11.4. The van der Waals surface area contributed by atoms with Gasteiger partial charge in [-0.2, -0.15) is 18.3 Å². The number of pyridine rings is 1. The summed E-state index contributed by atoms with van der Waals surface area (Å²) in [7, 11) is 0. The zero-order valence-electron chi connectivity index (χ0n) is 19.9. The predicted molar refractivity (Wildman–Crippen MR) is 130 cm³/mol. The van der Waals surface area contributed by atoms with E-state index in [9.17, 15) is 18.0 Å². The molecule has 36 heavy (non-hydrogen) atoms. The van der Waals surface area contributed by atoms with Crippen molar-refractivity contribution >= 4 is 17.2 Å². The molecule has 1 unspecified atom stereocenters. The molecule has 0 aliphatic carbocycles. The van der Waals surface area contributed by atoms with Gasteiger partial charge < -0.3 is 5.32 Å². The van der Waals surface area contributed by atoms with Crippen molar-refractivity contribution < 1.29 is 18.0 Å². The average Bonchev–Trinajstić information content (AvgIpc) is 3.51. The number of hydrogen-bond donors (Lipinski definition) is 1. The third-order valence-electron chi connectivity index (χ3n) is 6.54. The Hall–Kier alpha value is -3.79. The quantitative estimate of drug-likeness (QED) is 0.412. The molecular formula is C26H25F3N6O. The number of anilines is 1. The molecule has 10 heteroatoms. The van der Waals surface area contributed by atoms with Gasteiger partial charge in [0.05, 0.1) is 23.6 Å². The van der Waals surface area contributed by atoms with E-state index < -0.39 is 11.9 Å². The van der Waals surface area contributed by atoms with Gasteiger partial charge in [-0.15, -0.1) is 0 Å². The summed E-state index contributed by atoms with van der Waals surface area (Å²) in [6.45, 7) is 5.73. The third kappa shape index (κ3) is 4.56. The summed E-state index contributed by atoms with van der Waals surface area (Å²) in [5.74, 6) is -0.0205. The molecule has 4 aromatic rings. The molecule has 1 amide bonds. The van der Waals surface area contributed by atoms with Gasteiger partial charge in [0.25, 0.3) is 0 Å². The summed E-state index contributed by atoms with van der Waals surface area (Å²) < 4.78 is 41.7. The molecule has 0 radical (unpaired) electrons. The van der Waals surface area contributed by atoms with Crippen molar-refractivity contribution in [2.75, 3.05) is 18.4 Å². The highest BCUT2D eigenvalue weighted by Gasteiger charge is 2.36. The number of amides is 1. The van der Waals surface area contributed by atoms with Crippen LogP contribution in [0.4, 0.5) is 18.9 Å². The number of alkyl halides is 3. The SMILES string of the molecule is CCN1CCCC1C(=O)Nc1cc(-c2cn3nc(-c4cccnc4C(F)(F)F)ccc3n2)ccc1C. The molecule has 1 aliphatic rings. The second kappa shape index (κ2) is 9.34. The van der Waals surface area contributed by atoms with Gasteiger partial charge in [0.15, 0.2) is 11.3 Å². The van der Waals surface area contributed by atoms with E-state index in [0.29, 0.717) is 17.0 Å². The van der Waals surface area contributed by atoms with Gasteiger partial charge in [0.2, 0.25) is 5.91 Å². The van der Waals surface area contributed by atoms with Crippen molar-refractivity contribution in [1.82, 2.24) is 24.5 Å². The average molecular weight is 495 g/mol. The van der Waals surface area contributed by atoms with E-state index in [0.717, 1.165) is 43.3 Å². The molecular weight excluding hydrogens is 469 g/mol. The fraction of sp³-hybridized carbons (Fsp3) is 0.308. The Morgan fingerprint density at radius 2 is 2.00 bits per heavy atom. The Morgan fingerprint density at radius 1 is 1.17 bits per heavy atom. The highest BCUT2D eigenvalue weighted by molar-refractivity contribution is 5.96. The van der Waals surface area contributed by atoms with Crippen molar-refractivity contribution in [1.29, 1.82) is 0 Å². The predicted octanol–water partition coefficient (Wildman–Crippen LogP) is 5.21. The summed E-state index contributed by atoms with van der Waals surface area (Å²) in [6.07, 6.45) is 0.0220. The van der Waals surface area contributed by atoms with Gasteiger partial charge in [-0.3, -0.25) is 14.7 Å². The van der Waals surface area contributed by atoms with E-state index in [-0.39, 0.29) is 23.2 Å². The van der Waals surface area contributed by atoms with Crippen LogP contribution in [0.25, 0.3) is 28.2 Å². The number of imidazole rings is 1. The molecule has 1 fully saturated rings. The fourth-order valence-electron chi connectivity index (χ4n) is 4.64. The van der Waals surface area contributed by atoms with Gasteiger partial charge in [-0.25, -0.2) is 9.50 Å². The maximum Gasteiger partial charge on any atom is 0.434 e. The van der Waals surface area contributed by atoms with E-state index in [1.807, 2.05) is 25.1 Å². The molecule has 5 rings (SSSR count). The Bertz CT molecular complexity index is 1430. The molecule has 3 aromatic heterocycles. The first-order valence-electron chi connectivity index (χ1n) is 11.8. The fourth-order valence-corrected chi connectivity index (χ4v) is 4.64. The number of likely N-dealkylation sites (N-methyl/N-ethyl adjacent to an activating group) is 1. The van der Waals surface area contributed by atoms with Gasteiger partial charge in [-0.05, 0) is 68.8 Å². The smallest absolute Gasteiger partial charge is 0.324 e. The van der Waals surface area contributed by atoms with E-state index in [4.69, 9.17) is 0 Å². The number of benzene rings is 1. The number of fused-ring (bicyclic) bond motifs is 1. The minimum atomic E-state index is -4.59. The monoisotopic (exact) mass is 494 g/mol. The van der Waals surface area contributed by atoms with E-state index in [1.165, 1.54) is 22.7 Å². The zero-order valence-corrected chi connectivity index (χ0v) is 19.9. The molecule has 186 valence electrons. The number of aromatic nitrogens is 4. The number of aryl methyl sites for hydroxylation is 1. The van der Waals surface area contributed by atoms with Gasteiger partial charge in [0, 0.05) is 23.0 Å². The van der Waals surface area contributed by atoms with Crippen LogP contribution in [0.15, 0.2) is 54.9 Å². The Balaban J connectivity index is 1.45. The van der Waals surface area contributed by atoms with Crippen molar-refractivity contribution in [3.8, 4) is 22.5 Å². The molecule has 0 saturated carbocycles. The van der Waals surface area contributed by atoms with E-state index in [2.05, 4.69) is 32.2 Å². The molecule has 1 atom stereocenters. The topological polar surface area (TPSA) is 75.4 Å². The lowest BCUT2D eigenvalue weighted by atomic mass is 10.1. The first-order valence-corrected chi connectivity index (χ1v) is 11.8. The molecule has 7 nitrogen and oxygen atoms in total. The first kappa shape index (κ1) is 23.9. The van der Waals surface area contributed by atoms with Crippen LogP contribution in [-0.4, -0.2) is 49.5 Å². The number of likely N-dealkylation sites (tertiary alicyclic amines) is 1. The number of carbonyl (C=O) groups excluding carboxylic acids is 1. The number of carbonyl (C=O) groups is 1. The molecule has 1 aromatic carbocycles. The van der Waals surface area contributed by atoms with Crippen LogP contribution in [0.3, 0.4) is 0 Å². The largest absolute Gasteiger partial charge is 0.434 e. The van der Waals surface area contributed by atoms with Crippen LogP contribution in [-0.2, 0) is 11.0 Å². The highest BCUT2D eigenvalue weighted by Crippen LogP contribution is 2.35. The lowest BCUT2D eigenvalue weighted by Gasteiger charge is -2.22. The molecule has 1 saturated heterocycles. The normalized spacial score (nSPS) is 16.5. The Kier molecular flexibility index (Phi) is 6.21. The summed E-state index contributed by atoms with van der Waals surface area (Å²) >= 11 is 0. The van der Waals surface area contributed by atoms with Gasteiger partial charge >= 0.3 is 6.18 Å². The molecule has 1 aliphatic heterocycles. The van der Waals surface area contributed by atoms with Crippen molar-refractivity contribution in [2.45, 2.75) is 38.9 Å². The number of nitrogens with zero attached hydrogens (tertiary/aromatic N) is 5. The number of rotatable bonds is 5. The Morgan fingerprint density at radius 3 is 2.78 bits per heavy atom. The van der Waals surface area contributed by atoms with Crippen molar-refractivity contribution in [3.63, 3.8) is 0 Å². The Labute approximate surface area is 206 Å². The minimum absolute atomic E-state index is 0.0205. The summed E-state index contributed by atoms with van der Waals surface area (Å²) in [5, 5.41) is 7.43. The third-order valence-corrected chi connectivity index (χ3v) is 6.54. The van der Waals surface area contributed by atoms with Crippen LogP contribution < -0.4 is 5.32 Å². The second-order valence-electron chi connectivity index (χ2n) is 8.85. The molecule has 4 heterocycles. The number of hydrogen-bond acceptors (Lipinski definition) is 5. The van der Waals surface area contributed by atoms with Gasteiger partial charge in [0.1, 0.15) is 0 Å². The lowest BCUT2D eigenvalue weighted by Crippen LogP contribution is -2.39. The van der Waals surface area contributed by atoms with Gasteiger partial charge in [-0.1, -0.05) is 19.1 Å². The van der Waals surface area contributed by atoms with Crippen molar-refractivity contribution in [2.24, 2.45) is 0 Å². The molecule has 0 spiro atoms. The summed E-state index contributed by atoms with van der Waals surface area (Å²) in [4.78, 5) is 23.2. The lowest BCUT2D eigenvalue weighted by molar-refractivity contribution is -0.140. The van der Waals surface area contributed by atoms with Crippen LogP contribution in [0.5, 0.6) is 0 Å². The molecule has 0 bridgehead atoms. The van der Waals surface area contributed by atoms with Crippen molar-refractivity contribution in [3.05, 3.63) is 66.1 Å². The van der Waals surface area contributed by atoms with E-state index >= 15 is 0 Å². The van der Waals surface area contributed by atoms with E-state index in [1.54, 1.807) is 12.3 Å².